The number of rotatable bonds is 8. The summed E-state index contributed by atoms with van der Waals surface area (Å²) in [7, 11) is -2.12. The molecule has 1 aromatic heterocycles. The number of Topliss-reactive ketones (excluding diaryl/α,β-unsaturated/α-hetero) is 1. The Hall–Kier alpha value is -2.65. The Morgan fingerprint density at radius 3 is 2.24 bits per heavy atom. The summed E-state index contributed by atoms with van der Waals surface area (Å²) in [4.78, 5) is 25.4. The Morgan fingerprint density at radius 1 is 1.03 bits per heavy atom. The first-order chi connectivity index (χ1) is 15.7. The minimum absolute atomic E-state index is 0.193. The lowest BCUT2D eigenvalue weighted by molar-refractivity contribution is -0.148. The van der Waals surface area contributed by atoms with Crippen molar-refractivity contribution in [1.82, 2.24) is 8.87 Å². The zero-order valence-electron chi connectivity index (χ0n) is 19.2. The molecule has 0 spiro atoms. The van der Waals surface area contributed by atoms with Gasteiger partial charge in [-0.2, -0.15) is 4.31 Å². The Bertz CT molecular complexity index is 1140. The van der Waals surface area contributed by atoms with Crippen LogP contribution in [0, 0.1) is 19.8 Å². The molecule has 4 rings (SSSR count). The number of sulfonamides is 1. The highest BCUT2D eigenvalue weighted by atomic mass is 32.2. The number of methoxy groups -OCH3 is 1. The summed E-state index contributed by atoms with van der Waals surface area (Å²) in [5, 5.41) is 0. The Labute approximate surface area is 194 Å². The highest BCUT2D eigenvalue weighted by Crippen LogP contribution is 2.38. The fourth-order valence-electron chi connectivity index (χ4n) is 4.51. The molecule has 0 N–H and O–H groups in total. The first kappa shape index (κ1) is 23.5. The van der Waals surface area contributed by atoms with Crippen LogP contribution < -0.4 is 4.74 Å². The highest BCUT2D eigenvalue weighted by molar-refractivity contribution is 7.89. The van der Waals surface area contributed by atoms with Crippen LogP contribution in [0.4, 0.5) is 0 Å². The quantitative estimate of drug-likeness (QED) is 0.431. The zero-order chi connectivity index (χ0) is 23.8. The van der Waals surface area contributed by atoms with Gasteiger partial charge in [-0.15, -0.1) is 0 Å². The van der Waals surface area contributed by atoms with E-state index in [2.05, 4.69) is 4.57 Å². The molecule has 1 aliphatic heterocycles. The van der Waals surface area contributed by atoms with E-state index in [0.29, 0.717) is 30.2 Å². The monoisotopic (exact) mass is 474 g/mol. The maximum Gasteiger partial charge on any atom is 0.309 e. The van der Waals surface area contributed by atoms with Crippen molar-refractivity contribution in [3.05, 3.63) is 47.3 Å². The summed E-state index contributed by atoms with van der Waals surface area (Å²) in [5.74, 6) is -0.484. The van der Waals surface area contributed by atoms with E-state index in [4.69, 9.17) is 9.47 Å². The van der Waals surface area contributed by atoms with Gasteiger partial charge in [0, 0.05) is 36.1 Å². The Kier molecular flexibility index (Phi) is 6.63. The molecule has 2 aromatic rings. The van der Waals surface area contributed by atoms with Crippen molar-refractivity contribution in [2.45, 2.75) is 50.5 Å². The van der Waals surface area contributed by atoms with Gasteiger partial charge >= 0.3 is 5.97 Å². The summed E-state index contributed by atoms with van der Waals surface area (Å²) < 4.78 is 39.7. The van der Waals surface area contributed by atoms with Gasteiger partial charge in [0.1, 0.15) is 5.75 Å². The maximum absolute atomic E-state index is 12.9. The smallest absolute Gasteiger partial charge is 0.309 e. The molecule has 2 aliphatic rings. The van der Waals surface area contributed by atoms with Crippen LogP contribution in [0.2, 0.25) is 0 Å². The molecule has 1 aliphatic carbocycles. The van der Waals surface area contributed by atoms with Crippen molar-refractivity contribution in [1.29, 1.82) is 0 Å². The van der Waals surface area contributed by atoms with Crippen molar-refractivity contribution >= 4 is 21.8 Å². The van der Waals surface area contributed by atoms with E-state index in [0.717, 1.165) is 24.2 Å². The van der Waals surface area contributed by atoms with Crippen LogP contribution >= 0.6 is 0 Å². The van der Waals surface area contributed by atoms with E-state index in [1.165, 1.54) is 23.5 Å². The van der Waals surface area contributed by atoms with Crippen LogP contribution in [0.5, 0.6) is 5.75 Å². The van der Waals surface area contributed by atoms with Crippen molar-refractivity contribution < 1.29 is 27.5 Å². The topological polar surface area (TPSA) is 94.9 Å². The van der Waals surface area contributed by atoms with Crippen molar-refractivity contribution in [3.63, 3.8) is 0 Å². The molecule has 0 amide bonds. The number of ether oxygens (including phenoxy) is 2. The second-order valence-electron chi connectivity index (χ2n) is 8.77. The molecule has 0 bridgehead atoms. The van der Waals surface area contributed by atoms with Crippen LogP contribution in [0.3, 0.4) is 0 Å². The lowest BCUT2D eigenvalue weighted by Crippen LogP contribution is -2.40. The molecule has 33 heavy (non-hydrogen) atoms. The molecule has 2 heterocycles. The molecule has 1 saturated heterocycles. The Balaban J connectivity index is 1.30. The molecule has 0 radical (unpaired) electrons. The van der Waals surface area contributed by atoms with Crippen molar-refractivity contribution in [2.24, 2.45) is 5.92 Å². The van der Waals surface area contributed by atoms with Gasteiger partial charge in [0.05, 0.1) is 17.9 Å². The van der Waals surface area contributed by atoms with Crippen molar-refractivity contribution in [2.75, 3.05) is 26.8 Å². The van der Waals surface area contributed by atoms with E-state index >= 15 is 0 Å². The number of carbonyl (C=O) groups is 2. The van der Waals surface area contributed by atoms with Crippen LogP contribution in [0.25, 0.3) is 0 Å². The van der Waals surface area contributed by atoms with E-state index < -0.39 is 21.9 Å². The van der Waals surface area contributed by atoms with Gasteiger partial charge in [0.15, 0.2) is 6.61 Å². The number of aromatic nitrogens is 1. The van der Waals surface area contributed by atoms with Gasteiger partial charge in [-0.1, -0.05) is 0 Å². The van der Waals surface area contributed by atoms with Gasteiger partial charge < -0.3 is 14.0 Å². The summed E-state index contributed by atoms with van der Waals surface area (Å²) in [5.41, 5.74) is 2.58. The standard InChI is InChI=1S/C24H30N2O6S/c1-16-14-22(17(2)26(16)19-4-5-19)23(27)15-32-24(28)18-10-12-25(13-11-18)33(29,30)21-8-6-20(31-3)7-9-21/h6-9,14,18-19H,4-5,10-13,15H2,1-3H3. The third-order valence-corrected chi connectivity index (χ3v) is 8.44. The fraction of sp³-hybridized carbons (Fsp3) is 0.500. The van der Waals surface area contributed by atoms with Crippen LogP contribution in [0.15, 0.2) is 35.2 Å². The number of hydrogen-bond donors (Lipinski definition) is 0. The lowest BCUT2D eigenvalue weighted by atomic mass is 9.98. The number of hydrogen-bond acceptors (Lipinski definition) is 6. The predicted molar refractivity (Wildman–Crippen MR) is 122 cm³/mol. The predicted octanol–water partition coefficient (Wildman–Crippen LogP) is 3.28. The van der Waals surface area contributed by atoms with Gasteiger partial charge in [-0.3, -0.25) is 9.59 Å². The first-order valence-electron chi connectivity index (χ1n) is 11.2. The fourth-order valence-corrected chi connectivity index (χ4v) is 5.98. The number of benzene rings is 1. The number of nitrogens with zero attached hydrogens (tertiary/aromatic N) is 2. The van der Waals surface area contributed by atoms with Gasteiger partial charge in [-0.05, 0) is 69.9 Å². The minimum atomic E-state index is -3.64. The zero-order valence-corrected chi connectivity index (χ0v) is 20.1. The largest absolute Gasteiger partial charge is 0.497 e. The van der Waals surface area contributed by atoms with E-state index in [-0.39, 0.29) is 30.4 Å². The van der Waals surface area contributed by atoms with Gasteiger partial charge in [-0.25, -0.2) is 8.42 Å². The molecule has 8 nitrogen and oxygen atoms in total. The second kappa shape index (κ2) is 9.30. The van der Waals surface area contributed by atoms with E-state index in [1.54, 1.807) is 12.1 Å². The number of ketones is 1. The summed E-state index contributed by atoms with van der Waals surface area (Å²) >= 11 is 0. The van der Waals surface area contributed by atoms with Gasteiger partial charge in [0.25, 0.3) is 0 Å². The van der Waals surface area contributed by atoms with E-state index in [9.17, 15) is 18.0 Å². The molecule has 178 valence electrons. The third kappa shape index (κ3) is 4.84. The number of aryl methyl sites for hydroxylation is 1. The summed E-state index contributed by atoms with van der Waals surface area (Å²) in [6.07, 6.45) is 2.98. The third-order valence-electron chi connectivity index (χ3n) is 6.53. The minimum Gasteiger partial charge on any atom is -0.497 e. The lowest BCUT2D eigenvalue weighted by Gasteiger charge is -2.30. The molecule has 1 aromatic carbocycles. The average Bonchev–Trinajstić information content (AvgIpc) is 3.61. The first-order valence-corrected chi connectivity index (χ1v) is 12.7. The van der Waals surface area contributed by atoms with E-state index in [1.807, 2.05) is 19.9 Å². The normalized spacial score (nSPS) is 17.7. The molecule has 1 saturated carbocycles. The molecule has 9 heteroatoms. The highest BCUT2D eigenvalue weighted by Gasteiger charge is 2.33. The molecular weight excluding hydrogens is 444 g/mol. The SMILES string of the molecule is COc1ccc(S(=O)(=O)N2CCC(C(=O)OCC(=O)c3cc(C)n(C4CC4)c3C)CC2)cc1. The molecular formula is C24H30N2O6S. The molecule has 2 fully saturated rings. The van der Waals surface area contributed by atoms with Crippen LogP contribution in [-0.2, 0) is 19.6 Å². The second-order valence-corrected chi connectivity index (χ2v) is 10.7. The Morgan fingerprint density at radius 2 is 1.67 bits per heavy atom. The summed E-state index contributed by atoms with van der Waals surface area (Å²) in [6.45, 7) is 4.08. The summed E-state index contributed by atoms with van der Waals surface area (Å²) in [6, 6.07) is 8.59. The van der Waals surface area contributed by atoms with Gasteiger partial charge in [0.2, 0.25) is 15.8 Å². The number of piperidine rings is 1. The molecule has 0 atom stereocenters. The van der Waals surface area contributed by atoms with Crippen LogP contribution in [-0.4, -0.2) is 55.8 Å². The maximum atomic E-state index is 12.9. The average molecular weight is 475 g/mol. The number of carbonyl (C=O) groups excluding carboxylic acids is 2. The molecule has 0 unspecified atom stereocenters. The van der Waals surface area contributed by atoms with Crippen LogP contribution in [0.1, 0.15) is 53.5 Å². The van der Waals surface area contributed by atoms with Crippen molar-refractivity contribution in [3.8, 4) is 5.75 Å². The number of esters is 1.